The minimum atomic E-state index is 0.181. The Hall–Kier alpha value is -2.21. The molecule has 5 nitrogen and oxygen atoms in total. The second kappa shape index (κ2) is 7.43. The van der Waals surface area contributed by atoms with Gasteiger partial charge in [0, 0.05) is 0 Å². The van der Waals surface area contributed by atoms with E-state index in [-0.39, 0.29) is 12.1 Å². The highest BCUT2D eigenvalue weighted by atomic mass is 32.1. The molecule has 0 unspecified atom stereocenters. The lowest BCUT2D eigenvalue weighted by atomic mass is 10.1. The number of ether oxygens (including phenoxy) is 2. The molecule has 2 aromatic heterocycles. The Balaban J connectivity index is 1.75. The molecule has 0 bridgehead atoms. The van der Waals surface area contributed by atoms with Crippen LogP contribution in [-0.2, 0) is 9.47 Å². The van der Waals surface area contributed by atoms with E-state index in [2.05, 4.69) is 44.5 Å². The average molecular weight is 384 g/mol. The Morgan fingerprint density at radius 2 is 1.44 bits per heavy atom. The first-order valence-electron chi connectivity index (χ1n) is 9.48. The first-order valence-corrected chi connectivity index (χ1v) is 10.4. The van der Waals surface area contributed by atoms with Gasteiger partial charge in [-0.05, 0) is 51.9 Å². The van der Waals surface area contributed by atoms with Crippen LogP contribution >= 0.6 is 11.3 Å². The zero-order chi connectivity index (χ0) is 19.0. The standard InChI is InChI=1S/C21H25N3O2S/c1-12(2)18-9-25-20(23-18)16-7-15(14-5-6-27-11-14)8-17(22-16)21-24-19(10-26-21)13(3)4/h5-8,11-13,18-19H,9-10H2,1-4H3/t18-,19-/m1/s1. The summed E-state index contributed by atoms with van der Waals surface area (Å²) in [6.45, 7) is 9.87. The number of pyridine rings is 1. The number of aliphatic imine (C=N–C) groups is 2. The van der Waals surface area contributed by atoms with Crippen molar-refractivity contribution in [3.05, 3.63) is 40.3 Å². The summed E-state index contributed by atoms with van der Waals surface area (Å²) in [5, 5.41) is 4.21. The number of aromatic nitrogens is 1. The van der Waals surface area contributed by atoms with Crippen LogP contribution in [0.3, 0.4) is 0 Å². The minimum Gasteiger partial charge on any atom is -0.474 e. The number of rotatable bonds is 5. The third kappa shape index (κ3) is 3.76. The predicted molar refractivity (Wildman–Crippen MR) is 110 cm³/mol. The molecule has 0 saturated carbocycles. The van der Waals surface area contributed by atoms with Crippen molar-refractivity contribution in [3.63, 3.8) is 0 Å². The summed E-state index contributed by atoms with van der Waals surface area (Å²) in [7, 11) is 0. The van der Waals surface area contributed by atoms with Crippen LogP contribution < -0.4 is 0 Å². The molecule has 2 atom stereocenters. The zero-order valence-electron chi connectivity index (χ0n) is 16.2. The lowest BCUT2D eigenvalue weighted by Crippen LogP contribution is -2.13. The molecule has 0 spiro atoms. The molecule has 6 heteroatoms. The van der Waals surface area contributed by atoms with Crippen molar-refractivity contribution in [2.45, 2.75) is 39.8 Å². The van der Waals surface area contributed by atoms with E-state index in [9.17, 15) is 0 Å². The number of hydrogen-bond acceptors (Lipinski definition) is 6. The second-order valence-electron chi connectivity index (χ2n) is 7.75. The Morgan fingerprint density at radius 3 is 1.85 bits per heavy atom. The molecule has 4 heterocycles. The summed E-state index contributed by atoms with van der Waals surface area (Å²) in [5.41, 5.74) is 3.73. The minimum absolute atomic E-state index is 0.181. The van der Waals surface area contributed by atoms with Gasteiger partial charge in [0.25, 0.3) is 0 Å². The SMILES string of the molecule is CC(C)[C@H]1COC(c2cc(-c3ccsc3)cc(C3=N[C@@H](C(C)C)CO3)n2)=N1. The molecule has 0 aromatic carbocycles. The van der Waals surface area contributed by atoms with Gasteiger partial charge < -0.3 is 9.47 Å². The van der Waals surface area contributed by atoms with E-state index in [1.54, 1.807) is 11.3 Å². The van der Waals surface area contributed by atoms with Crippen molar-refractivity contribution < 1.29 is 9.47 Å². The van der Waals surface area contributed by atoms with Crippen LogP contribution in [0, 0.1) is 11.8 Å². The maximum atomic E-state index is 5.87. The summed E-state index contributed by atoms with van der Waals surface area (Å²) < 4.78 is 11.7. The van der Waals surface area contributed by atoms with Crippen LogP contribution in [-0.4, -0.2) is 42.1 Å². The van der Waals surface area contributed by atoms with E-state index >= 15 is 0 Å². The number of nitrogens with zero attached hydrogens (tertiary/aromatic N) is 3. The Morgan fingerprint density at radius 1 is 0.889 bits per heavy atom. The van der Waals surface area contributed by atoms with Crippen molar-refractivity contribution in [2.75, 3.05) is 13.2 Å². The monoisotopic (exact) mass is 383 g/mol. The van der Waals surface area contributed by atoms with E-state index in [0.717, 1.165) is 22.5 Å². The lowest BCUT2D eigenvalue weighted by Gasteiger charge is -2.08. The normalized spacial score (nSPS) is 22.0. The van der Waals surface area contributed by atoms with Gasteiger partial charge in [0.15, 0.2) is 0 Å². The Kier molecular flexibility index (Phi) is 5.00. The fourth-order valence-electron chi connectivity index (χ4n) is 3.09. The number of thiophene rings is 1. The third-order valence-corrected chi connectivity index (χ3v) is 5.69. The molecular formula is C21H25N3O2S. The first kappa shape index (κ1) is 18.2. The fourth-order valence-corrected chi connectivity index (χ4v) is 3.75. The molecule has 0 N–H and O–H groups in total. The summed E-state index contributed by atoms with van der Waals surface area (Å²) in [6, 6.07) is 6.56. The molecular weight excluding hydrogens is 358 g/mol. The molecule has 142 valence electrons. The van der Waals surface area contributed by atoms with E-state index in [1.165, 1.54) is 0 Å². The van der Waals surface area contributed by atoms with Gasteiger partial charge in [-0.15, -0.1) is 0 Å². The molecule has 2 aromatic rings. The highest BCUT2D eigenvalue weighted by molar-refractivity contribution is 7.08. The molecule has 0 saturated heterocycles. The highest BCUT2D eigenvalue weighted by Gasteiger charge is 2.27. The van der Waals surface area contributed by atoms with Crippen molar-refractivity contribution in [1.82, 2.24) is 4.98 Å². The molecule has 0 fully saturated rings. The largest absolute Gasteiger partial charge is 0.474 e. The van der Waals surface area contributed by atoms with Gasteiger partial charge >= 0.3 is 0 Å². The summed E-state index contributed by atoms with van der Waals surface area (Å²) >= 11 is 1.68. The maximum absolute atomic E-state index is 5.87. The molecule has 2 aliphatic heterocycles. The van der Waals surface area contributed by atoms with Crippen LogP contribution in [0.4, 0.5) is 0 Å². The van der Waals surface area contributed by atoms with E-state index < -0.39 is 0 Å². The smallest absolute Gasteiger partial charge is 0.235 e. The van der Waals surface area contributed by atoms with Crippen molar-refractivity contribution in [2.24, 2.45) is 21.8 Å². The molecule has 4 rings (SSSR count). The molecule has 2 aliphatic rings. The molecule has 27 heavy (non-hydrogen) atoms. The van der Waals surface area contributed by atoms with Crippen molar-refractivity contribution in [3.8, 4) is 11.1 Å². The van der Waals surface area contributed by atoms with Crippen LogP contribution in [0.1, 0.15) is 39.1 Å². The first-order chi connectivity index (χ1) is 13.0. The molecule has 0 amide bonds. The average Bonchev–Trinajstić information content (AvgIpc) is 3.42. The van der Waals surface area contributed by atoms with E-state index in [0.29, 0.717) is 36.8 Å². The quantitative estimate of drug-likeness (QED) is 0.768. The summed E-state index contributed by atoms with van der Waals surface area (Å²) in [4.78, 5) is 14.3. The van der Waals surface area contributed by atoms with Gasteiger partial charge in [0.1, 0.15) is 24.6 Å². The van der Waals surface area contributed by atoms with Crippen molar-refractivity contribution in [1.29, 1.82) is 0 Å². The van der Waals surface area contributed by atoms with E-state index in [1.807, 2.05) is 12.1 Å². The van der Waals surface area contributed by atoms with E-state index in [4.69, 9.17) is 24.4 Å². The van der Waals surface area contributed by atoms with Gasteiger partial charge in [0.05, 0.1) is 12.1 Å². The number of hydrogen-bond donors (Lipinski definition) is 0. The molecule has 0 radical (unpaired) electrons. The summed E-state index contributed by atoms with van der Waals surface area (Å²) in [5.74, 6) is 2.12. The van der Waals surface area contributed by atoms with Crippen molar-refractivity contribution >= 4 is 23.1 Å². The van der Waals surface area contributed by atoms with Crippen LogP contribution in [0.25, 0.3) is 11.1 Å². The topological polar surface area (TPSA) is 56.1 Å². The second-order valence-corrected chi connectivity index (χ2v) is 8.53. The van der Waals surface area contributed by atoms with Crippen LogP contribution in [0.5, 0.6) is 0 Å². The maximum Gasteiger partial charge on any atom is 0.235 e. The Bertz CT molecular complexity index is 819. The van der Waals surface area contributed by atoms with Gasteiger partial charge in [-0.1, -0.05) is 27.7 Å². The predicted octanol–water partition coefficient (Wildman–Crippen LogP) is 4.41. The van der Waals surface area contributed by atoms with Gasteiger partial charge in [-0.25, -0.2) is 15.0 Å². The van der Waals surface area contributed by atoms with Crippen LogP contribution in [0.15, 0.2) is 38.9 Å². The molecule has 0 aliphatic carbocycles. The van der Waals surface area contributed by atoms with Gasteiger partial charge in [-0.3, -0.25) is 0 Å². The van der Waals surface area contributed by atoms with Gasteiger partial charge in [-0.2, -0.15) is 11.3 Å². The summed E-state index contributed by atoms with van der Waals surface area (Å²) in [6.07, 6.45) is 0. The zero-order valence-corrected chi connectivity index (χ0v) is 17.0. The van der Waals surface area contributed by atoms with Crippen LogP contribution in [0.2, 0.25) is 0 Å². The third-order valence-electron chi connectivity index (χ3n) is 5.00. The fraction of sp³-hybridized carbons (Fsp3) is 0.476. The van der Waals surface area contributed by atoms with Gasteiger partial charge in [0.2, 0.25) is 11.8 Å². The lowest BCUT2D eigenvalue weighted by molar-refractivity contribution is 0.290. The highest BCUT2D eigenvalue weighted by Crippen LogP contribution is 2.27. The Labute approximate surface area is 164 Å².